The fourth-order valence-corrected chi connectivity index (χ4v) is 3.92. The van der Waals surface area contributed by atoms with Gasteiger partial charge in [-0.25, -0.2) is 9.48 Å². The number of rotatable bonds is 6. The topological polar surface area (TPSA) is 55.1 Å². The van der Waals surface area contributed by atoms with Crippen LogP contribution in [0.3, 0.4) is 0 Å². The number of carboxylic acids is 1. The quantitative estimate of drug-likeness (QED) is 0.606. The van der Waals surface area contributed by atoms with Crippen molar-refractivity contribution in [1.29, 1.82) is 0 Å². The average Bonchev–Trinajstić information content (AvgIpc) is 2.91. The molecule has 7 heteroatoms. The van der Waals surface area contributed by atoms with Crippen molar-refractivity contribution in [1.82, 2.24) is 9.78 Å². The summed E-state index contributed by atoms with van der Waals surface area (Å²) in [5.41, 5.74) is -0.314. The predicted molar refractivity (Wildman–Crippen MR) is 107 cm³/mol. The number of benzene rings is 1. The third-order valence-corrected chi connectivity index (χ3v) is 4.69. The Labute approximate surface area is 169 Å². The van der Waals surface area contributed by atoms with Crippen LogP contribution in [0.5, 0.6) is 0 Å². The Kier molecular flexibility index (Phi) is 6.50. The Morgan fingerprint density at radius 3 is 2.21 bits per heavy atom. The maximum atomic E-state index is 13.6. The van der Waals surface area contributed by atoms with Gasteiger partial charge in [0.2, 0.25) is 0 Å². The molecule has 0 fully saturated rings. The first-order chi connectivity index (χ1) is 13.2. The minimum absolute atomic E-state index is 0.0118. The van der Waals surface area contributed by atoms with E-state index in [4.69, 9.17) is 0 Å². The molecule has 1 aromatic heterocycles. The number of alkyl halides is 3. The fourth-order valence-electron chi connectivity index (χ4n) is 3.92. The predicted octanol–water partition coefficient (Wildman–Crippen LogP) is 6.33. The molecule has 29 heavy (non-hydrogen) atoms. The lowest BCUT2D eigenvalue weighted by Crippen LogP contribution is -2.14. The molecule has 0 aliphatic heterocycles. The van der Waals surface area contributed by atoms with Crippen molar-refractivity contribution < 1.29 is 23.1 Å². The summed E-state index contributed by atoms with van der Waals surface area (Å²) in [5.74, 6) is -1.35. The summed E-state index contributed by atoms with van der Waals surface area (Å²) in [5, 5.41) is 14.3. The average molecular weight is 410 g/mol. The molecule has 0 radical (unpaired) electrons. The SMILES string of the molecule is CC(Cc1nn(-c2ccccc2C(F)(F)F)c(C(C)C)c1C(=O)O)CC(C)(C)C. The van der Waals surface area contributed by atoms with E-state index < -0.39 is 17.7 Å². The van der Waals surface area contributed by atoms with Crippen LogP contribution in [-0.2, 0) is 12.6 Å². The zero-order chi connectivity index (χ0) is 22.1. The van der Waals surface area contributed by atoms with E-state index in [9.17, 15) is 23.1 Å². The summed E-state index contributed by atoms with van der Waals surface area (Å²) < 4.78 is 41.9. The number of carboxylic acid groups (broad SMARTS) is 1. The molecule has 0 bridgehead atoms. The smallest absolute Gasteiger partial charge is 0.418 e. The van der Waals surface area contributed by atoms with E-state index in [1.165, 1.54) is 22.9 Å². The minimum Gasteiger partial charge on any atom is -0.478 e. The van der Waals surface area contributed by atoms with Crippen LogP contribution in [0.15, 0.2) is 24.3 Å². The van der Waals surface area contributed by atoms with E-state index in [-0.39, 0.29) is 34.2 Å². The third kappa shape index (κ3) is 5.40. The van der Waals surface area contributed by atoms with Crippen LogP contribution in [-0.4, -0.2) is 20.9 Å². The first-order valence-corrected chi connectivity index (χ1v) is 9.74. The summed E-state index contributed by atoms with van der Waals surface area (Å²) in [4.78, 5) is 12.1. The monoisotopic (exact) mass is 410 g/mol. The molecule has 2 aromatic rings. The van der Waals surface area contributed by atoms with E-state index >= 15 is 0 Å². The van der Waals surface area contributed by atoms with Gasteiger partial charge in [0.05, 0.1) is 22.6 Å². The largest absolute Gasteiger partial charge is 0.478 e. The van der Waals surface area contributed by atoms with Crippen LogP contribution in [0.1, 0.15) is 81.2 Å². The molecule has 160 valence electrons. The molecule has 1 atom stereocenters. The second kappa shape index (κ2) is 8.20. The number of hydrogen-bond acceptors (Lipinski definition) is 2. The summed E-state index contributed by atoms with van der Waals surface area (Å²) in [6.07, 6.45) is -3.34. The Morgan fingerprint density at radius 2 is 1.72 bits per heavy atom. The summed E-state index contributed by atoms with van der Waals surface area (Å²) in [6.45, 7) is 11.8. The zero-order valence-electron chi connectivity index (χ0n) is 17.8. The lowest BCUT2D eigenvalue weighted by molar-refractivity contribution is -0.137. The second-order valence-electron chi connectivity index (χ2n) is 9.17. The number of nitrogens with zero attached hydrogens (tertiary/aromatic N) is 2. The van der Waals surface area contributed by atoms with Gasteiger partial charge in [0.25, 0.3) is 0 Å². The highest BCUT2D eigenvalue weighted by molar-refractivity contribution is 5.91. The van der Waals surface area contributed by atoms with Crippen LogP contribution < -0.4 is 0 Å². The number of aromatic carboxylic acids is 1. The number of para-hydroxylation sites is 1. The molecule has 1 heterocycles. The van der Waals surface area contributed by atoms with Gasteiger partial charge >= 0.3 is 12.1 Å². The van der Waals surface area contributed by atoms with Gasteiger partial charge < -0.3 is 5.11 Å². The highest BCUT2D eigenvalue weighted by Crippen LogP contribution is 2.36. The van der Waals surface area contributed by atoms with Crippen LogP contribution >= 0.6 is 0 Å². The van der Waals surface area contributed by atoms with E-state index in [0.717, 1.165) is 12.5 Å². The van der Waals surface area contributed by atoms with Gasteiger partial charge in [0.15, 0.2) is 0 Å². The molecule has 2 rings (SSSR count). The Morgan fingerprint density at radius 1 is 1.14 bits per heavy atom. The van der Waals surface area contributed by atoms with Crippen molar-refractivity contribution >= 4 is 5.97 Å². The lowest BCUT2D eigenvalue weighted by atomic mass is 9.83. The highest BCUT2D eigenvalue weighted by atomic mass is 19.4. The van der Waals surface area contributed by atoms with Gasteiger partial charge in [0.1, 0.15) is 5.56 Å². The molecule has 4 nitrogen and oxygen atoms in total. The molecule has 0 saturated heterocycles. The summed E-state index contributed by atoms with van der Waals surface area (Å²) in [6, 6.07) is 5.13. The normalized spacial score (nSPS) is 13.7. The van der Waals surface area contributed by atoms with Gasteiger partial charge in [-0.3, -0.25) is 0 Å². The minimum atomic E-state index is -4.57. The van der Waals surface area contributed by atoms with E-state index in [0.29, 0.717) is 12.1 Å². The maximum Gasteiger partial charge on any atom is 0.418 e. The van der Waals surface area contributed by atoms with E-state index in [1.807, 2.05) is 6.92 Å². The van der Waals surface area contributed by atoms with Crippen molar-refractivity contribution in [3.05, 3.63) is 46.8 Å². The standard InChI is InChI=1S/C22H29F3N2O2/c1-13(2)19-18(20(28)29)16(11-14(3)12-21(4,5)6)26-27(19)17-10-8-7-9-15(17)22(23,24)25/h7-10,13-14H,11-12H2,1-6H3,(H,28,29). The van der Waals surface area contributed by atoms with Gasteiger partial charge in [0, 0.05) is 0 Å². The summed E-state index contributed by atoms with van der Waals surface area (Å²) in [7, 11) is 0. The molecular weight excluding hydrogens is 381 g/mol. The van der Waals surface area contributed by atoms with Crippen LogP contribution in [0.25, 0.3) is 5.69 Å². The first-order valence-electron chi connectivity index (χ1n) is 9.74. The van der Waals surface area contributed by atoms with Crippen molar-refractivity contribution in [2.75, 3.05) is 0 Å². The zero-order valence-corrected chi connectivity index (χ0v) is 17.8. The Hall–Kier alpha value is -2.31. The lowest BCUT2D eigenvalue weighted by Gasteiger charge is -2.22. The molecular formula is C22H29F3N2O2. The molecule has 0 spiro atoms. The second-order valence-corrected chi connectivity index (χ2v) is 9.17. The van der Waals surface area contributed by atoms with Gasteiger partial charge in [-0.1, -0.05) is 53.7 Å². The van der Waals surface area contributed by atoms with Crippen LogP contribution in [0.4, 0.5) is 13.2 Å². The van der Waals surface area contributed by atoms with Gasteiger partial charge in [-0.2, -0.15) is 18.3 Å². The molecule has 1 unspecified atom stereocenters. The number of halogens is 3. The summed E-state index contributed by atoms with van der Waals surface area (Å²) >= 11 is 0. The van der Waals surface area contributed by atoms with Crippen molar-refractivity contribution in [3.8, 4) is 5.69 Å². The van der Waals surface area contributed by atoms with Crippen LogP contribution in [0.2, 0.25) is 0 Å². The van der Waals surface area contributed by atoms with Crippen LogP contribution in [0, 0.1) is 11.3 Å². The molecule has 0 aliphatic rings. The Balaban J connectivity index is 2.68. The molecule has 0 aliphatic carbocycles. The third-order valence-electron chi connectivity index (χ3n) is 4.69. The van der Waals surface area contributed by atoms with E-state index in [1.54, 1.807) is 13.8 Å². The van der Waals surface area contributed by atoms with Gasteiger partial charge in [-0.05, 0) is 42.2 Å². The van der Waals surface area contributed by atoms with Crippen molar-refractivity contribution in [2.45, 2.75) is 66.5 Å². The van der Waals surface area contributed by atoms with Crippen molar-refractivity contribution in [3.63, 3.8) is 0 Å². The number of hydrogen-bond donors (Lipinski definition) is 1. The van der Waals surface area contributed by atoms with Gasteiger partial charge in [-0.15, -0.1) is 0 Å². The molecule has 1 N–H and O–H groups in total. The fraction of sp³-hybridized carbons (Fsp3) is 0.545. The highest BCUT2D eigenvalue weighted by Gasteiger charge is 2.36. The molecule has 1 aromatic carbocycles. The Bertz CT molecular complexity index is 877. The molecule has 0 amide bonds. The van der Waals surface area contributed by atoms with E-state index in [2.05, 4.69) is 25.9 Å². The van der Waals surface area contributed by atoms with Crippen molar-refractivity contribution in [2.24, 2.45) is 11.3 Å². The first kappa shape index (κ1) is 23.0. The number of aromatic nitrogens is 2. The maximum absolute atomic E-state index is 13.6. The number of carbonyl (C=O) groups is 1. The molecule has 0 saturated carbocycles.